The van der Waals surface area contributed by atoms with Crippen molar-refractivity contribution >= 4 is 17.6 Å². The van der Waals surface area contributed by atoms with Crippen molar-refractivity contribution in [3.63, 3.8) is 0 Å². The van der Waals surface area contributed by atoms with Gasteiger partial charge in [-0.25, -0.2) is 25.7 Å². The van der Waals surface area contributed by atoms with Crippen molar-refractivity contribution in [1.29, 1.82) is 0 Å². The van der Waals surface area contributed by atoms with E-state index in [0.717, 1.165) is 22.5 Å². The van der Waals surface area contributed by atoms with Crippen LogP contribution >= 0.6 is 11.9 Å². The molecule has 1 aromatic carbocycles. The van der Waals surface area contributed by atoms with E-state index < -0.39 is 17.3 Å². The summed E-state index contributed by atoms with van der Waals surface area (Å²) < 4.78 is 31.8. The Hall–Kier alpha value is -2.63. The molecule has 8 heteroatoms. The SMILES string of the molecule is CC(C)(c1cccc(S[N-]c2ccccc2)n1)c1cccc(-c2[c-]cc(F)nc2F)n1.[Pt+2]. The van der Waals surface area contributed by atoms with Crippen molar-refractivity contribution in [3.8, 4) is 11.3 Å². The Bertz CT molecular complexity index is 1210. The average molecular weight is 628 g/mol. The first-order valence-corrected chi connectivity index (χ1v) is 10.3. The van der Waals surface area contributed by atoms with Crippen LogP contribution in [0.25, 0.3) is 16.0 Å². The van der Waals surface area contributed by atoms with Gasteiger partial charge < -0.3 is 9.71 Å². The summed E-state index contributed by atoms with van der Waals surface area (Å²) in [6.45, 7) is 3.99. The van der Waals surface area contributed by atoms with Crippen molar-refractivity contribution in [2.45, 2.75) is 24.3 Å². The zero-order valence-electron chi connectivity index (χ0n) is 17.2. The number of benzene rings is 1. The predicted molar refractivity (Wildman–Crippen MR) is 118 cm³/mol. The number of halogens is 2. The Labute approximate surface area is 204 Å². The van der Waals surface area contributed by atoms with Gasteiger partial charge in [0, 0.05) is 11.1 Å². The number of aromatic nitrogens is 3. The summed E-state index contributed by atoms with van der Waals surface area (Å²) in [7, 11) is 0. The Morgan fingerprint density at radius 2 is 1.53 bits per heavy atom. The fraction of sp³-hybridized carbons (Fsp3) is 0.125. The largest absolute Gasteiger partial charge is 2.00 e. The first-order valence-electron chi connectivity index (χ1n) is 9.56. The van der Waals surface area contributed by atoms with Crippen LogP contribution in [0.3, 0.4) is 0 Å². The summed E-state index contributed by atoms with van der Waals surface area (Å²) in [4.78, 5) is 12.6. The van der Waals surface area contributed by atoms with Crippen LogP contribution in [0, 0.1) is 18.0 Å². The molecule has 0 spiro atoms. The molecule has 4 nitrogen and oxygen atoms in total. The molecule has 0 N–H and O–H groups in total. The van der Waals surface area contributed by atoms with Crippen LogP contribution in [0.15, 0.2) is 77.8 Å². The van der Waals surface area contributed by atoms with Crippen LogP contribution in [0.2, 0.25) is 0 Å². The fourth-order valence-electron chi connectivity index (χ4n) is 3.01. The molecule has 0 aliphatic carbocycles. The van der Waals surface area contributed by atoms with E-state index in [1.807, 2.05) is 68.4 Å². The Morgan fingerprint density at radius 1 is 0.844 bits per heavy atom. The van der Waals surface area contributed by atoms with Gasteiger partial charge in [-0.15, -0.1) is 11.8 Å². The molecule has 0 amide bonds. The zero-order valence-corrected chi connectivity index (χ0v) is 20.3. The maximum absolute atomic E-state index is 14.1. The fourth-order valence-corrected chi connectivity index (χ4v) is 3.61. The standard InChI is InChI=1S/C24H18F2N4S.Pt/c1-24(2,19-11-6-10-18(27-19)17-14-15-21(25)29-23(17)26)20-12-7-13-22(28-20)31-30-16-8-4-3-5-9-16;/h3-13,15H,1-2H3;/q-2;+2. The molecule has 32 heavy (non-hydrogen) atoms. The zero-order chi connectivity index (χ0) is 21.8. The van der Waals surface area contributed by atoms with Crippen molar-refractivity contribution in [1.82, 2.24) is 15.0 Å². The van der Waals surface area contributed by atoms with Crippen molar-refractivity contribution < 1.29 is 29.8 Å². The molecule has 0 fully saturated rings. The number of hydrogen-bond donors (Lipinski definition) is 0. The van der Waals surface area contributed by atoms with E-state index in [2.05, 4.69) is 20.8 Å². The first-order chi connectivity index (χ1) is 14.9. The molecule has 3 heterocycles. The molecule has 0 aliphatic rings. The molecular formula is C24H18F2N4PtS. The first kappa shape index (κ1) is 24.0. The molecule has 0 saturated carbocycles. The summed E-state index contributed by atoms with van der Waals surface area (Å²) >= 11 is 1.30. The third-order valence-electron chi connectivity index (χ3n) is 4.76. The van der Waals surface area contributed by atoms with Crippen LogP contribution in [-0.4, -0.2) is 15.0 Å². The van der Waals surface area contributed by atoms with Crippen LogP contribution < -0.4 is 0 Å². The summed E-state index contributed by atoms with van der Waals surface area (Å²) in [5.74, 6) is -1.86. The van der Waals surface area contributed by atoms with E-state index in [-0.39, 0.29) is 26.6 Å². The van der Waals surface area contributed by atoms with E-state index in [4.69, 9.17) is 4.98 Å². The van der Waals surface area contributed by atoms with E-state index in [1.54, 1.807) is 12.1 Å². The Balaban J connectivity index is 0.00000289. The number of nitrogens with zero attached hydrogens (tertiary/aromatic N) is 4. The molecule has 4 aromatic rings. The van der Waals surface area contributed by atoms with Gasteiger partial charge in [0.15, 0.2) is 0 Å². The Morgan fingerprint density at radius 3 is 2.25 bits per heavy atom. The quantitative estimate of drug-likeness (QED) is 0.137. The molecule has 0 radical (unpaired) electrons. The predicted octanol–water partition coefficient (Wildman–Crippen LogP) is 6.65. The van der Waals surface area contributed by atoms with Crippen LogP contribution in [0.4, 0.5) is 14.5 Å². The van der Waals surface area contributed by atoms with Crippen LogP contribution in [-0.2, 0) is 26.5 Å². The molecule has 0 saturated heterocycles. The second-order valence-corrected chi connectivity index (χ2v) is 8.08. The molecular weight excluding hydrogens is 609 g/mol. The van der Waals surface area contributed by atoms with Crippen molar-refractivity contribution in [2.75, 3.05) is 0 Å². The second kappa shape index (κ2) is 10.3. The van der Waals surface area contributed by atoms with Gasteiger partial charge >= 0.3 is 21.1 Å². The summed E-state index contributed by atoms with van der Waals surface area (Å²) in [5.41, 5.74) is 2.14. The van der Waals surface area contributed by atoms with Gasteiger partial charge in [0.2, 0.25) is 0 Å². The van der Waals surface area contributed by atoms with Crippen LogP contribution in [0.1, 0.15) is 25.2 Å². The van der Waals surface area contributed by atoms with E-state index in [0.29, 0.717) is 11.4 Å². The van der Waals surface area contributed by atoms with Gasteiger partial charge in [-0.3, -0.25) is 4.98 Å². The van der Waals surface area contributed by atoms with Gasteiger partial charge in [-0.1, -0.05) is 60.2 Å². The third kappa shape index (κ3) is 5.40. The second-order valence-electron chi connectivity index (χ2n) is 7.30. The summed E-state index contributed by atoms with van der Waals surface area (Å²) in [6, 6.07) is 24.3. The van der Waals surface area contributed by atoms with E-state index >= 15 is 0 Å². The third-order valence-corrected chi connectivity index (χ3v) is 5.47. The average Bonchev–Trinajstić information content (AvgIpc) is 2.79. The minimum absolute atomic E-state index is 0. The molecule has 3 aromatic heterocycles. The molecule has 0 aliphatic heterocycles. The smallest absolute Gasteiger partial charge is 0.626 e. The number of rotatable bonds is 6. The van der Waals surface area contributed by atoms with Crippen molar-refractivity contribution in [2.24, 2.45) is 0 Å². The van der Waals surface area contributed by atoms with Gasteiger partial charge in [0.1, 0.15) is 11.9 Å². The normalized spacial score (nSPS) is 11.0. The molecule has 0 bridgehead atoms. The monoisotopic (exact) mass is 627 g/mol. The molecule has 0 atom stereocenters. The minimum Gasteiger partial charge on any atom is -0.626 e. The van der Waals surface area contributed by atoms with Gasteiger partial charge in [-0.05, 0) is 37.7 Å². The van der Waals surface area contributed by atoms with Crippen LogP contribution in [0.5, 0.6) is 0 Å². The molecule has 164 valence electrons. The molecule has 4 rings (SSSR count). The van der Waals surface area contributed by atoms with Crippen molar-refractivity contribution in [3.05, 3.63) is 107 Å². The topological polar surface area (TPSA) is 52.8 Å². The Kier molecular flexibility index (Phi) is 7.75. The van der Waals surface area contributed by atoms with E-state index in [1.165, 1.54) is 11.9 Å². The minimum atomic E-state index is -0.943. The van der Waals surface area contributed by atoms with E-state index in [9.17, 15) is 8.78 Å². The summed E-state index contributed by atoms with van der Waals surface area (Å²) in [5, 5.41) is 0.757. The number of pyridine rings is 3. The summed E-state index contributed by atoms with van der Waals surface area (Å²) in [6.07, 6.45) is 0. The maximum Gasteiger partial charge on any atom is 2.00 e. The van der Waals surface area contributed by atoms with Gasteiger partial charge in [0.05, 0.1) is 10.7 Å². The number of hydrogen-bond acceptors (Lipinski definition) is 4. The van der Waals surface area contributed by atoms with Gasteiger partial charge in [0.25, 0.3) is 0 Å². The van der Waals surface area contributed by atoms with Gasteiger partial charge in [-0.2, -0.15) is 0 Å². The molecule has 0 unspecified atom stereocenters. The maximum atomic E-state index is 14.1.